The van der Waals surface area contributed by atoms with E-state index >= 15 is 0 Å². The molecule has 2 aromatic rings. The molecule has 1 heterocycles. The van der Waals surface area contributed by atoms with Crippen LogP contribution in [-0.2, 0) is 6.42 Å². The molecule has 1 aromatic heterocycles. The number of rotatable bonds is 2. The van der Waals surface area contributed by atoms with Gasteiger partial charge in [-0.2, -0.15) is 0 Å². The zero-order valence-corrected chi connectivity index (χ0v) is 12.3. The van der Waals surface area contributed by atoms with Gasteiger partial charge in [0.25, 0.3) is 0 Å². The third kappa shape index (κ3) is 2.35. The number of thiophene rings is 1. The molecule has 1 aliphatic carbocycles. The molecule has 0 bridgehead atoms. The molecule has 2 atom stereocenters. The van der Waals surface area contributed by atoms with Gasteiger partial charge in [-0.05, 0) is 55.9 Å². The molecular weight excluding hydrogens is 252 g/mol. The first kappa shape index (κ1) is 12.9. The van der Waals surface area contributed by atoms with Crippen LogP contribution in [0.3, 0.4) is 0 Å². The van der Waals surface area contributed by atoms with Crippen molar-refractivity contribution >= 4 is 11.3 Å². The minimum absolute atomic E-state index is 0.265. The van der Waals surface area contributed by atoms with E-state index in [0.29, 0.717) is 0 Å². The maximum absolute atomic E-state index is 10.8. The van der Waals surface area contributed by atoms with Gasteiger partial charge in [0, 0.05) is 15.7 Å². The highest BCUT2D eigenvalue weighted by molar-refractivity contribution is 7.12. The molecule has 0 spiro atoms. The van der Waals surface area contributed by atoms with Crippen LogP contribution >= 0.6 is 11.3 Å². The van der Waals surface area contributed by atoms with Gasteiger partial charge in [0.15, 0.2) is 0 Å². The van der Waals surface area contributed by atoms with Crippen molar-refractivity contribution in [2.75, 3.05) is 0 Å². The summed E-state index contributed by atoms with van der Waals surface area (Å²) in [5.74, 6) is 0.265. The second-order valence-electron chi connectivity index (χ2n) is 5.55. The molecule has 3 rings (SSSR count). The fourth-order valence-corrected chi connectivity index (χ4v) is 4.34. The maximum Gasteiger partial charge on any atom is 0.0953 e. The number of hydrogen-bond donors (Lipinski definition) is 1. The average molecular weight is 272 g/mol. The molecule has 0 saturated carbocycles. The summed E-state index contributed by atoms with van der Waals surface area (Å²) in [5, 5.41) is 10.8. The van der Waals surface area contributed by atoms with Gasteiger partial charge in [-0.3, -0.25) is 0 Å². The lowest BCUT2D eigenvalue weighted by molar-refractivity contribution is 0.139. The monoisotopic (exact) mass is 272 g/mol. The fourth-order valence-electron chi connectivity index (χ4n) is 3.26. The van der Waals surface area contributed by atoms with Crippen molar-refractivity contribution in [3.05, 3.63) is 56.8 Å². The van der Waals surface area contributed by atoms with Crippen LogP contribution in [0.2, 0.25) is 0 Å². The van der Waals surface area contributed by atoms with Gasteiger partial charge in [-0.1, -0.05) is 24.3 Å². The fraction of sp³-hybridized carbons (Fsp3) is 0.412. The van der Waals surface area contributed by atoms with Crippen molar-refractivity contribution in [2.45, 2.75) is 45.1 Å². The van der Waals surface area contributed by atoms with E-state index < -0.39 is 0 Å². The molecule has 2 heteroatoms. The van der Waals surface area contributed by atoms with Crippen molar-refractivity contribution in [3.8, 4) is 0 Å². The molecule has 1 aliphatic rings. The van der Waals surface area contributed by atoms with E-state index in [9.17, 15) is 5.11 Å². The van der Waals surface area contributed by atoms with Crippen LogP contribution in [0.5, 0.6) is 0 Å². The zero-order valence-electron chi connectivity index (χ0n) is 11.5. The number of benzene rings is 1. The highest BCUT2D eigenvalue weighted by atomic mass is 32.1. The van der Waals surface area contributed by atoms with Gasteiger partial charge >= 0.3 is 0 Å². The highest BCUT2D eigenvalue weighted by Gasteiger charge is 2.29. The first-order valence-electron chi connectivity index (χ1n) is 6.99. The van der Waals surface area contributed by atoms with E-state index in [-0.39, 0.29) is 12.0 Å². The van der Waals surface area contributed by atoms with Crippen LogP contribution in [0, 0.1) is 13.8 Å². The molecule has 0 aliphatic heterocycles. The van der Waals surface area contributed by atoms with Gasteiger partial charge in [0.2, 0.25) is 0 Å². The zero-order chi connectivity index (χ0) is 13.4. The predicted molar refractivity (Wildman–Crippen MR) is 80.9 cm³/mol. The number of hydrogen-bond acceptors (Lipinski definition) is 2. The van der Waals surface area contributed by atoms with Crippen LogP contribution in [0.25, 0.3) is 0 Å². The maximum atomic E-state index is 10.8. The quantitative estimate of drug-likeness (QED) is 0.852. The molecule has 0 radical (unpaired) electrons. The molecular formula is C17H20OS. The minimum Gasteiger partial charge on any atom is -0.387 e. The standard InChI is InChI=1S/C17H20OS/c1-11-10-12(2)19-17(11)16(18)15-9-5-7-13-6-3-4-8-14(13)15/h3-4,6,8,10,15-16,18H,5,7,9H2,1-2H3. The number of fused-ring (bicyclic) bond motifs is 1. The molecule has 1 N–H and O–H groups in total. The Labute approximate surface area is 118 Å². The Bertz CT molecular complexity index is 585. The largest absolute Gasteiger partial charge is 0.387 e. The van der Waals surface area contributed by atoms with Crippen LogP contribution < -0.4 is 0 Å². The van der Waals surface area contributed by atoms with Crippen molar-refractivity contribution in [1.82, 2.24) is 0 Å². The highest BCUT2D eigenvalue weighted by Crippen LogP contribution is 2.43. The summed E-state index contributed by atoms with van der Waals surface area (Å²) in [6, 6.07) is 10.8. The van der Waals surface area contributed by atoms with E-state index in [4.69, 9.17) is 0 Å². The number of aryl methyl sites for hydroxylation is 3. The van der Waals surface area contributed by atoms with Crippen molar-refractivity contribution in [2.24, 2.45) is 0 Å². The Morgan fingerprint density at radius 3 is 2.79 bits per heavy atom. The summed E-state index contributed by atoms with van der Waals surface area (Å²) in [6.07, 6.45) is 3.08. The summed E-state index contributed by atoms with van der Waals surface area (Å²) in [4.78, 5) is 2.44. The Morgan fingerprint density at radius 1 is 1.26 bits per heavy atom. The number of aliphatic hydroxyl groups excluding tert-OH is 1. The normalized spacial score (nSPS) is 20.1. The molecule has 100 valence electrons. The molecule has 0 saturated heterocycles. The van der Waals surface area contributed by atoms with Gasteiger partial charge in [-0.15, -0.1) is 11.3 Å². The Morgan fingerprint density at radius 2 is 2.05 bits per heavy atom. The summed E-state index contributed by atoms with van der Waals surface area (Å²) >= 11 is 1.74. The SMILES string of the molecule is Cc1cc(C)c(C(O)C2CCCc3ccccc32)s1. The van der Waals surface area contributed by atoms with Crippen LogP contribution in [0.1, 0.15) is 51.3 Å². The number of aliphatic hydroxyl groups is 1. The molecule has 0 amide bonds. The lowest BCUT2D eigenvalue weighted by atomic mass is 9.79. The topological polar surface area (TPSA) is 20.2 Å². The van der Waals surface area contributed by atoms with E-state index in [2.05, 4.69) is 44.2 Å². The lowest BCUT2D eigenvalue weighted by Gasteiger charge is -2.29. The van der Waals surface area contributed by atoms with Gasteiger partial charge in [0.05, 0.1) is 6.10 Å². The predicted octanol–water partition coefficient (Wildman–Crippen LogP) is 4.52. The second kappa shape index (κ2) is 5.10. The summed E-state index contributed by atoms with van der Waals surface area (Å²) in [5.41, 5.74) is 4.01. The molecule has 2 unspecified atom stereocenters. The first-order valence-corrected chi connectivity index (χ1v) is 7.81. The molecule has 0 fully saturated rings. The van der Waals surface area contributed by atoms with Crippen LogP contribution in [-0.4, -0.2) is 5.11 Å². The molecule has 19 heavy (non-hydrogen) atoms. The minimum atomic E-state index is -0.347. The van der Waals surface area contributed by atoms with Crippen LogP contribution in [0.15, 0.2) is 30.3 Å². The molecule has 1 aromatic carbocycles. The third-order valence-corrected chi connectivity index (χ3v) is 5.37. The van der Waals surface area contributed by atoms with Crippen molar-refractivity contribution < 1.29 is 5.11 Å². The van der Waals surface area contributed by atoms with E-state index in [1.54, 1.807) is 11.3 Å². The summed E-state index contributed by atoms with van der Waals surface area (Å²) in [6.45, 7) is 4.22. The Kier molecular flexibility index (Phi) is 3.46. The van der Waals surface area contributed by atoms with Gasteiger partial charge in [0.1, 0.15) is 0 Å². The van der Waals surface area contributed by atoms with Gasteiger partial charge in [-0.25, -0.2) is 0 Å². The van der Waals surface area contributed by atoms with E-state index in [1.165, 1.54) is 28.0 Å². The Balaban J connectivity index is 1.97. The van der Waals surface area contributed by atoms with Crippen LogP contribution in [0.4, 0.5) is 0 Å². The second-order valence-corrected chi connectivity index (χ2v) is 6.83. The average Bonchev–Trinajstić information content (AvgIpc) is 2.76. The van der Waals surface area contributed by atoms with Crippen molar-refractivity contribution in [3.63, 3.8) is 0 Å². The molecule has 1 nitrogen and oxygen atoms in total. The summed E-state index contributed by atoms with van der Waals surface area (Å²) < 4.78 is 0. The smallest absolute Gasteiger partial charge is 0.0953 e. The lowest BCUT2D eigenvalue weighted by Crippen LogP contribution is -2.16. The van der Waals surface area contributed by atoms with E-state index in [0.717, 1.165) is 17.7 Å². The summed E-state index contributed by atoms with van der Waals surface area (Å²) in [7, 11) is 0. The third-order valence-electron chi connectivity index (χ3n) is 4.14. The van der Waals surface area contributed by atoms with Crippen molar-refractivity contribution in [1.29, 1.82) is 0 Å². The Hall–Kier alpha value is -1.12. The van der Waals surface area contributed by atoms with Gasteiger partial charge < -0.3 is 5.11 Å². The first-order chi connectivity index (χ1) is 9.16. The van der Waals surface area contributed by atoms with E-state index in [1.807, 2.05) is 0 Å².